The lowest BCUT2D eigenvalue weighted by molar-refractivity contribution is 0.0944. The quantitative estimate of drug-likeness (QED) is 0.609. The van der Waals surface area contributed by atoms with E-state index in [0.29, 0.717) is 24.1 Å². The highest BCUT2D eigenvalue weighted by atomic mass is 79.9. The van der Waals surface area contributed by atoms with Crippen LogP contribution in [0.2, 0.25) is 0 Å². The zero-order chi connectivity index (χ0) is 19.0. The van der Waals surface area contributed by atoms with Crippen LogP contribution >= 0.6 is 27.3 Å². The molecular weight excluding hydrogens is 426 g/mol. The first-order chi connectivity index (χ1) is 13.0. The second-order valence-corrected chi connectivity index (χ2v) is 8.81. The molecule has 140 valence electrons. The molecule has 0 bridgehead atoms. The lowest BCUT2D eigenvalue weighted by atomic mass is 10.2. The van der Waals surface area contributed by atoms with Crippen LogP contribution in [-0.4, -0.2) is 25.9 Å². The predicted octanol–water partition coefficient (Wildman–Crippen LogP) is 4.42. The second kappa shape index (κ2) is 7.52. The standard InChI is InChI=1S/C19H20BrN5OS/c1-11(2)19-22-14(10-27-19)9-21-18(26)16-17(12-3-4-12)25(24-23-16)15-7-5-13(20)6-8-15/h5-8,10-12H,3-4,9H2,1-2H3,(H,21,26). The lowest BCUT2D eigenvalue weighted by Crippen LogP contribution is -2.24. The lowest BCUT2D eigenvalue weighted by Gasteiger charge is -2.07. The first-order valence-corrected chi connectivity index (χ1v) is 10.6. The van der Waals surface area contributed by atoms with E-state index in [1.54, 1.807) is 16.0 Å². The molecule has 4 rings (SSSR count). The highest BCUT2D eigenvalue weighted by molar-refractivity contribution is 9.10. The Morgan fingerprint density at radius 1 is 1.33 bits per heavy atom. The van der Waals surface area contributed by atoms with E-state index in [1.807, 2.05) is 29.6 Å². The summed E-state index contributed by atoms with van der Waals surface area (Å²) in [5.41, 5.74) is 3.11. The number of amides is 1. The SMILES string of the molecule is CC(C)c1nc(CNC(=O)c2nnn(-c3ccc(Br)cc3)c2C2CC2)cs1. The summed E-state index contributed by atoms with van der Waals surface area (Å²) < 4.78 is 2.79. The maximum Gasteiger partial charge on any atom is 0.274 e. The molecule has 0 spiro atoms. The van der Waals surface area contributed by atoms with Crippen molar-refractivity contribution < 1.29 is 4.79 Å². The molecule has 1 saturated carbocycles. The predicted molar refractivity (Wildman–Crippen MR) is 108 cm³/mol. The van der Waals surface area contributed by atoms with E-state index in [1.165, 1.54) is 0 Å². The Labute approximate surface area is 170 Å². The van der Waals surface area contributed by atoms with Crippen LogP contribution < -0.4 is 5.32 Å². The van der Waals surface area contributed by atoms with Gasteiger partial charge in [0.2, 0.25) is 0 Å². The highest BCUT2D eigenvalue weighted by Crippen LogP contribution is 2.42. The fourth-order valence-electron chi connectivity index (χ4n) is 2.87. The van der Waals surface area contributed by atoms with Crippen molar-refractivity contribution in [2.24, 2.45) is 0 Å². The van der Waals surface area contributed by atoms with Crippen molar-refractivity contribution in [1.29, 1.82) is 0 Å². The first kappa shape index (κ1) is 18.3. The molecule has 1 fully saturated rings. The normalized spacial score (nSPS) is 13.9. The average Bonchev–Trinajstić information content (AvgIpc) is 3.20. The Bertz CT molecular complexity index is 959. The summed E-state index contributed by atoms with van der Waals surface area (Å²) >= 11 is 5.07. The molecule has 1 aliphatic carbocycles. The van der Waals surface area contributed by atoms with Gasteiger partial charge in [0.25, 0.3) is 5.91 Å². The molecular formula is C19H20BrN5OS. The van der Waals surface area contributed by atoms with Crippen LogP contribution in [0.3, 0.4) is 0 Å². The Morgan fingerprint density at radius 3 is 2.70 bits per heavy atom. The molecule has 0 radical (unpaired) electrons. The van der Waals surface area contributed by atoms with Gasteiger partial charge in [-0.25, -0.2) is 9.67 Å². The van der Waals surface area contributed by atoms with Gasteiger partial charge in [-0.3, -0.25) is 4.79 Å². The summed E-state index contributed by atoms with van der Waals surface area (Å²) in [6.07, 6.45) is 2.13. The molecule has 2 aromatic heterocycles. The summed E-state index contributed by atoms with van der Waals surface area (Å²) in [7, 11) is 0. The van der Waals surface area contributed by atoms with Crippen LogP contribution in [0.15, 0.2) is 34.1 Å². The third-order valence-electron chi connectivity index (χ3n) is 4.45. The average molecular weight is 446 g/mol. The fourth-order valence-corrected chi connectivity index (χ4v) is 3.97. The minimum absolute atomic E-state index is 0.195. The van der Waals surface area contributed by atoms with Crippen LogP contribution in [0.5, 0.6) is 0 Å². The number of aromatic nitrogens is 4. The number of rotatable bonds is 6. The van der Waals surface area contributed by atoms with E-state index >= 15 is 0 Å². The molecule has 27 heavy (non-hydrogen) atoms. The Balaban J connectivity index is 1.54. The number of carbonyl (C=O) groups is 1. The summed E-state index contributed by atoms with van der Waals surface area (Å²) in [5.74, 6) is 0.544. The van der Waals surface area contributed by atoms with Gasteiger partial charge in [-0.2, -0.15) is 0 Å². The summed E-state index contributed by atoms with van der Waals surface area (Å²) in [5, 5.41) is 14.5. The van der Waals surface area contributed by atoms with Crippen molar-refractivity contribution in [1.82, 2.24) is 25.3 Å². The van der Waals surface area contributed by atoms with Gasteiger partial charge >= 0.3 is 0 Å². The third-order valence-corrected chi connectivity index (χ3v) is 6.17. The maximum atomic E-state index is 12.8. The molecule has 1 N–H and O–H groups in total. The second-order valence-electron chi connectivity index (χ2n) is 7.00. The molecule has 0 unspecified atom stereocenters. The number of benzene rings is 1. The zero-order valence-electron chi connectivity index (χ0n) is 15.1. The molecule has 0 aliphatic heterocycles. The van der Waals surface area contributed by atoms with E-state index in [0.717, 1.165) is 39.4 Å². The van der Waals surface area contributed by atoms with Gasteiger partial charge in [0, 0.05) is 21.7 Å². The summed E-state index contributed by atoms with van der Waals surface area (Å²) in [6, 6.07) is 7.86. The largest absolute Gasteiger partial charge is 0.345 e. The molecule has 1 aromatic carbocycles. The van der Waals surface area contributed by atoms with Crippen LogP contribution in [0.4, 0.5) is 0 Å². The molecule has 1 amide bonds. The minimum atomic E-state index is -0.195. The van der Waals surface area contributed by atoms with Crippen molar-refractivity contribution in [2.75, 3.05) is 0 Å². The number of thiazole rings is 1. The van der Waals surface area contributed by atoms with E-state index in [9.17, 15) is 4.79 Å². The van der Waals surface area contributed by atoms with Gasteiger partial charge in [-0.15, -0.1) is 16.4 Å². The van der Waals surface area contributed by atoms with Crippen molar-refractivity contribution in [3.8, 4) is 5.69 Å². The van der Waals surface area contributed by atoms with Gasteiger partial charge in [0.15, 0.2) is 5.69 Å². The van der Waals surface area contributed by atoms with Crippen molar-refractivity contribution in [3.05, 3.63) is 56.2 Å². The minimum Gasteiger partial charge on any atom is -0.345 e. The van der Waals surface area contributed by atoms with Crippen LogP contribution in [0, 0.1) is 0 Å². The van der Waals surface area contributed by atoms with Crippen molar-refractivity contribution in [3.63, 3.8) is 0 Å². The van der Waals surface area contributed by atoms with Gasteiger partial charge in [-0.05, 0) is 37.1 Å². The summed E-state index contributed by atoms with van der Waals surface area (Å²) in [4.78, 5) is 17.3. The van der Waals surface area contributed by atoms with Gasteiger partial charge in [0.1, 0.15) is 0 Å². The topological polar surface area (TPSA) is 72.7 Å². The first-order valence-electron chi connectivity index (χ1n) is 8.97. The maximum absolute atomic E-state index is 12.8. The Kier molecular flexibility index (Phi) is 5.10. The molecule has 0 saturated heterocycles. The summed E-state index contributed by atoms with van der Waals surface area (Å²) in [6.45, 7) is 4.63. The molecule has 0 atom stereocenters. The van der Waals surface area contributed by atoms with Gasteiger partial charge in [-0.1, -0.05) is 35.0 Å². The van der Waals surface area contributed by atoms with Gasteiger partial charge in [0.05, 0.1) is 28.6 Å². The number of halogens is 1. The molecule has 8 heteroatoms. The Hall–Kier alpha value is -2.06. The fraction of sp³-hybridized carbons (Fsp3) is 0.368. The van der Waals surface area contributed by atoms with Crippen molar-refractivity contribution >= 4 is 33.2 Å². The van der Waals surface area contributed by atoms with Gasteiger partial charge < -0.3 is 5.32 Å². The molecule has 3 aromatic rings. The Morgan fingerprint density at radius 2 is 2.07 bits per heavy atom. The number of nitrogens with zero attached hydrogens (tertiary/aromatic N) is 4. The number of nitrogens with one attached hydrogen (secondary N) is 1. The molecule has 6 nitrogen and oxygen atoms in total. The van der Waals surface area contributed by atoms with Crippen LogP contribution in [-0.2, 0) is 6.54 Å². The van der Waals surface area contributed by atoms with E-state index in [2.05, 4.69) is 50.4 Å². The zero-order valence-corrected chi connectivity index (χ0v) is 17.5. The number of hydrogen-bond acceptors (Lipinski definition) is 5. The van der Waals surface area contributed by atoms with E-state index < -0.39 is 0 Å². The molecule has 1 aliphatic rings. The smallest absolute Gasteiger partial charge is 0.274 e. The van der Waals surface area contributed by atoms with Crippen LogP contribution in [0.1, 0.15) is 65.4 Å². The van der Waals surface area contributed by atoms with Crippen molar-refractivity contribution in [2.45, 2.75) is 45.1 Å². The number of carbonyl (C=O) groups excluding carboxylic acids is 1. The van der Waals surface area contributed by atoms with E-state index in [-0.39, 0.29) is 5.91 Å². The third kappa shape index (κ3) is 3.96. The molecule has 2 heterocycles. The number of hydrogen-bond donors (Lipinski definition) is 1. The highest BCUT2D eigenvalue weighted by Gasteiger charge is 2.34. The van der Waals surface area contributed by atoms with E-state index in [4.69, 9.17) is 0 Å². The monoisotopic (exact) mass is 445 g/mol. The van der Waals surface area contributed by atoms with Crippen LogP contribution in [0.25, 0.3) is 5.69 Å².